The van der Waals surface area contributed by atoms with Crippen LogP contribution >= 0.6 is 0 Å². The fraction of sp³-hybridized carbons (Fsp3) is 0.562. The number of nitrogen functional groups attached to an aromatic ring is 1. The van der Waals surface area contributed by atoms with Gasteiger partial charge >= 0.3 is 0 Å². The lowest BCUT2D eigenvalue weighted by Gasteiger charge is -2.24. The smallest absolute Gasteiger partial charge is 0.130 e. The number of aliphatic hydroxyl groups excluding tert-OH is 1. The topological polar surface area (TPSA) is 82.6 Å². The van der Waals surface area contributed by atoms with Crippen LogP contribution in [0.1, 0.15) is 36.8 Å². The second-order valence-corrected chi connectivity index (χ2v) is 5.58. The number of amidine groups is 1. The molecule has 1 saturated heterocycles. The summed E-state index contributed by atoms with van der Waals surface area (Å²) >= 11 is 0. The highest BCUT2D eigenvalue weighted by Gasteiger charge is 2.24. The number of nitrogens with zero attached hydrogens (tertiary/aromatic N) is 1. The molecule has 0 aromatic heterocycles. The van der Waals surface area contributed by atoms with Crippen molar-refractivity contribution in [3.05, 3.63) is 29.3 Å². The van der Waals surface area contributed by atoms with Gasteiger partial charge in [-0.05, 0) is 49.9 Å². The number of hydrogen-bond donors (Lipinski definition) is 3. The van der Waals surface area contributed by atoms with Gasteiger partial charge in [0.15, 0.2) is 0 Å². The third-order valence-corrected chi connectivity index (χ3v) is 4.14. The minimum atomic E-state index is 0.0281. The van der Waals surface area contributed by atoms with Gasteiger partial charge in [-0.1, -0.05) is 6.07 Å². The maximum atomic E-state index is 8.99. The molecule has 1 aromatic carbocycles. The van der Waals surface area contributed by atoms with Crippen molar-refractivity contribution in [3.63, 3.8) is 0 Å². The van der Waals surface area contributed by atoms with Gasteiger partial charge in [-0.25, -0.2) is 0 Å². The first-order chi connectivity index (χ1) is 10.2. The van der Waals surface area contributed by atoms with Crippen molar-refractivity contribution in [3.8, 4) is 5.75 Å². The number of benzene rings is 1. The second kappa shape index (κ2) is 7.43. The number of hydrogen-bond acceptors (Lipinski definition) is 4. The maximum Gasteiger partial charge on any atom is 0.130 e. The van der Waals surface area contributed by atoms with E-state index in [0.29, 0.717) is 17.4 Å². The number of nitrogens with one attached hydrogen (secondary N) is 1. The summed E-state index contributed by atoms with van der Waals surface area (Å²) in [7, 11) is 1.60. The van der Waals surface area contributed by atoms with E-state index in [0.717, 1.165) is 25.9 Å². The molecule has 1 heterocycles. The zero-order valence-corrected chi connectivity index (χ0v) is 12.6. The first-order valence-corrected chi connectivity index (χ1v) is 7.52. The summed E-state index contributed by atoms with van der Waals surface area (Å²) in [6.45, 7) is 2.25. The summed E-state index contributed by atoms with van der Waals surface area (Å²) in [6, 6.07) is 6.41. The number of ether oxygens (including phenoxy) is 1. The summed E-state index contributed by atoms with van der Waals surface area (Å²) < 4.78 is 5.33. The molecule has 116 valence electrons. The Morgan fingerprint density at radius 3 is 3.00 bits per heavy atom. The van der Waals surface area contributed by atoms with Gasteiger partial charge in [-0.15, -0.1) is 0 Å². The lowest BCUT2D eigenvalue weighted by molar-refractivity contribution is 0.210. The lowest BCUT2D eigenvalue weighted by atomic mass is 10.1. The van der Waals surface area contributed by atoms with Gasteiger partial charge in [0.2, 0.25) is 0 Å². The summed E-state index contributed by atoms with van der Waals surface area (Å²) in [5.74, 6) is 0.687. The number of nitrogens with two attached hydrogens (primary N) is 1. The van der Waals surface area contributed by atoms with E-state index in [-0.39, 0.29) is 12.4 Å². The molecule has 1 aliphatic rings. The molecule has 0 amide bonds. The first-order valence-electron chi connectivity index (χ1n) is 7.52. The van der Waals surface area contributed by atoms with Gasteiger partial charge in [0, 0.05) is 19.2 Å². The standard InChI is InChI=1S/C16H25N3O2/c1-21-15-10-12(6-7-14(15)16(17)18)11-19-8-2-4-13(19)5-3-9-20/h6-7,10,13,20H,2-5,8-9,11H2,1H3,(H3,17,18). The molecule has 0 saturated carbocycles. The molecule has 4 N–H and O–H groups in total. The van der Waals surface area contributed by atoms with Crippen molar-refractivity contribution in [1.29, 1.82) is 5.41 Å². The van der Waals surface area contributed by atoms with Crippen LogP contribution in [0.5, 0.6) is 5.75 Å². The van der Waals surface area contributed by atoms with Crippen LogP contribution in [0.3, 0.4) is 0 Å². The van der Waals surface area contributed by atoms with Gasteiger partial charge in [-0.3, -0.25) is 10.3 Å². The molecule has 0 spiro atoms. The maximum absolute atomic E-state index is 8.99. The summed E-state index contributed by atoms with van der Waals surface area (Å²) in [4.78, 5) is 2.47. The average molecular weight is 291 g/mol. The van der Waals surface area contributed by atoms with Gasteiger partial charge < -0.3 is 15.6 Å². The Bertz CT molecular complexity index is 490. The molecule has 2 rings (SSSR count). The summed E-state index contributed by atoms with van der Waals surface area (Å²) in [5, 5.41) is 16.5. The fourth-order valence-corrected chi connectivity index (χ4v) is 3.05. The molecule has 1 atom stereocenters. The molecule has 0 radical (unpaired) electrons. The van der Waals surface area contributed by atoms with E-state index in [2.05, 4.69) is 4.90 Å². The van der Waals surface area contributed by atoms with Crippen molar-refractivity contribution < 1.29 is 9.84 Å². The number of likely N-dealkylation sites (tertiary alicyclic amines) is 1. The van der Waals surface area contributed by atoms with Crippen LogP contribution in [0.2, 0.25) is 0 Å². The van der Waals surface area contributed by atoms with Gasteiger partial charge in [0.05, 0.1) is 12.7 Å². The zero-order chi connectivity index (χ0) is 15.2. The number of rotatable bonds is 7. The lowest BCUT2D eigenvalue weighted by Crippen LogP contribution is -2.29. The van der Waals surface area contributed by atoms with Gasteiger partial charge in [-0.2, -0.15) is 0 Å². The highest BCUT2D eigenvalue weighted by atomic mass is 16.5. The fourth-order valence-electron chi connectivity index (χ4n) is 3.05. The predicted octanol–water partition coefficient (Wildman–Crippen LogP) is 1.72. The quantitative estimate of drug-likeness (QED) is 0.527. The Hall–Kier alpha value is -1.59. The van der Waals surface area contributed by atoms with E-state index in [1.165, 1.54) is 18.4 Å². The number of methoxy groups -OCH3 is 1. The Balaban J connectivity index is 2.06. The monoisotopic (exact) mass is 291 g/mol. The van der Waals surface area contributed by atoms with E-state index in [9.17, 15) is 0 Å². The second-order valence-electron chi connectivity index (χ2n) is 5.58. The van der Waals surface area contributed by atoms with Crippen LogP contribution < -0.4 is 10.5 Å². The van der Waals surface area contributed by atoms with Crippen LogP contribution in [0.25, 0.3) is 0 Å². The SMILES string of the molecule is COc1cc(CN2CCCC2CCCO)ccc1C(=N)N. The van der Waals surface area contributed by atoms with Crippen molar-refractivity contribution in [2.24, 2.45) is 5.73 Å². The molecule has 0 aliphatic carbocycles. The molecule has 0 bridgehead atoms. The molecule has 1 fully saturated rings. The summed E-state index contributed by atoms with van der Waals surface area (Å²) in [5.41, 5.74) is 7.36. The Morgan fingerprint density at radius 1 is 1.52 bits per heavy atom. The molecule has 5 nitrogen and oxygen atoms in total. The van der Waals surface area contributed by atoms with Crippen LogP contribution in [0.15, 0.2) is 18.2 Å². The third-order valence-electron chi connectivity index (χ3n) is 4.14. The third kappa shape index (κ3) is 3.95. The molecule has 1 aromatic rings. The predicted molar refractivity (Wildman–Crippen MR) is 83.8 cm³/mol. The molecule has 1 aliphatic heterocycles. The van der Waals surface area contributed by atoms with Crippen LogP contribution in [0, 0.1) is 5.41 Å². The Labute approximate surface area is 126 Å². The van der Waals surface area contributed by atoms with Crippen LogP contribution in [-0.2, 0) is 6.54 Å². The largest absolute Gasteiger partial charge is 0.496 e. The molecular weight excluding hydrogens is 266 g/mol. The van der Waals surface area contributed by atoms with E-state index >= 15 is 0 Å². The summed E-state index contributed by atoms with van der Waals surface area (Å²) in [6.07, 6.45) is 4.36. The van der Waals surface area contributed by atoms with E-state index in [4.69, 9.17) is 21.0 Å². The van der Waals surface area contributed by atoms with E-state index in [1.807, 2.05) is 18.2 Å². The minimum Gasteiger partial charge on any atom is -0.496 e. The van der Waals surface area contributed by atoms with Crippen molar-refractivity contribution in [2.45, 2.75) is 38.3 Å². The first kappa shape index (κ1) is 15.8. The molecule has 21 heavy (non-hydrogen) atoms. The molecule has 1 unspecified atom stereocenters. The molecular formula is C16H25N3O2. The number of aliphatic hydroxyl groups is 1. The Kier molecular flexibility index (Phi) is 5.59. The van der Waals surface area contributed by atoms with E-state index < -0.39 is 0 Å². The average Bonchev–Trinajstić information content (AvgIpc) is 2.91. The zero-order valence-electron chi connectivity index (χ0n) is 12.6. The van der Waals surface area contributed by atoms with Crippen molar-refractivity contribution in [2.75, 3.05) is 20.3 Å². The normalized spacial score (nSPS) is 18.9. The minimum absolute atomic E-state index is 0.0281. The van der Waals surface area contributed by atoms with Crippen LogP contribution in [0.4, 0.5) is 0 Å². The Morgan fingerprint density at radius 2 is 2.33 bits per heavy atom. The van der Waals surface area contributed by atoms with Crippen molar-refractivity contribution in [1.82, 2.24) is 4.90 Å². The van der Waals surface area contributed by atoms with Gasteiger partial charge in [0.25, 0.3) is 0 Å². The van der Waals surface area contributed by atoms with E-state index in [1.54, 1.807) is 7.11 Å². The van der Waals surface area contributed by atoms with Crippen LogP contribution in [-0.4, -0.2) is 42.1 Å². The van der Waals surface area contributed by atoms with Crippen molar-refractivity contribution >= 4 is 5.84 Å². The van der Waals surface area contributed by atoms with Gasteiger partial charge in [0.1, 0.15) is 11.6 Å². The molecule has 5 heteroatoms. The highest BCUT2D eigenvalue weighted by molar-refractivity contribution is 5.97. The highest BCUT2D eigenvalue weighted by Crippen LogP contribution is 2.26.